The molecule has 0 aromatic heterocycles. The van der Waals surface area contributed by atoms with Crippen LogP contribution in [0.4, 0.5) is 0 Å². The highest BCUT2D eigenvalue weighted by atomic mass is 16.3. The molecule has 0 spiro atoms. The summed E-state index contributed by atoms with van der Waals surface area (Å²) in [5.41, 5.74) is 0. The molecule has 0 aliphatic carbocycles. The molecule has 0 radical (unpaired) electrons. The van der Waals surface area contributed by atoms with Crippen LogP contribution in [-0.2, 0) is 0 Å². The van der Waals surface area contributed by atoms with Crippen molar-refractivity contribution >= 4 is 0 Å². The maximum Gasteiger partial charge on any atom is 0.0471 e. The highest BCUT2D eigenvalue weighted by Crippen LogP contribution is 2.20. The Labute approximate surface area is 113 Å². The van der Waals surface area contributed by atoms with Crippen LogP contribution in [0.2, 0.25) is 0 Å². The first-order valence-corrected chi connectivity index (χ1v) is 7.67. The summed E-state index contributed by atoms with van der Waals surface area (Å²) in [6, 6.07) is 0.945. The average molecular weight is 256 g/mol. The SMILES string of the molecule is CCCN1CCCC(C(C)NC(C)C(C)CO)C1. The van der Waals surface area contributed by atoms with Gasteiger partial charge in [0.2, 0.25) is 0 Å². The lowest BCUT2D eigenvalue weighted by molar-refractivity contribution is 0.136. The molecule has 0 aromatic carbocycles. The third-order valence-corrected chi connectivity index (χ3v) is 4.46. The largest absolute Gasteiger partial charge is 0.396 e. The molecule has 3 heteroatoms. The van der Waals surface area contributed by atoms with Gasteiger partial charge in [-0.15, -0.1) is 0 Å². The van der Waals surface area contributed by atoms with E-state index in [1.54, 1.807) is 0 Å². The maximum absolute atomic E-state index is 9.19. The Morgan fingerprint density at radius 2 is 2.06 bits per heavy atom. The molecule has 0 saturated carbocycles. The van der Waals surface area contributed by atoms with Crippen LogP contribution in [0.15, 0.2) is 0 Å². The number of rotatable bonds is 7. The second-order valence-corrected chi connectivity index (χ2v) is 6.11. The molecule has 1 rings (SSSR count). The quantitative estimate of drug-likeness (QED) is 0.732. The Kier molecular flexibility index (Phi) is 7.20. The number of hydrogen-bond acceptors (Lipinski definition) is 3. The van der Waals surface area contributed by atoms with Crippen molar-refractivity contribution in [3.8, 4) is 0 Å². The second-order valence-electron chi connectivity index (χ2n) is 6.11. The van der Waals surface area contributed by atoms with Crippen LogP contribution < -0.4 is 5.32 Å². The molecule has 1 saturated heterocycles. The van der Waals surface area contributed by atoms with Crippen LogP contribution >= 0.6 is 0 Å². The van der Waals surface area contributed by atoms with Crippen LogP contribution in [-0.4, -0.2) is 48.3 Å². The normalized spacial score (nSPS) is 26.8. The van der Waals surface area contributed by atoms with E-state index in [1.807, 2.05) is 0 Å². The van der Waals surface area contributed by atoms with Gasteiger partial charge in [-0.2, -0.15) is 0 Å². The van der Waals surface area contributed by atoms with Gasteiger partial charge >= 0.3 is 0 Å². The molecule has 1 heterocycles. The lowest BCUT2D eigenvalue weighted by atomic mass is 9.90. The third kappa shape index (κ3) is 4.87. The first kappa shape index (κ1) is 15.9. The summed E-state index contributed by atoms with van der Waals surface area (Å²) in [5.74, 6) is 1.10. The van der Waals surface area contributed by atoms with Crippen LogP contribution in [0.5, 0.6) is 0 Å². The summed E-state index contributed by atoms with van der Waals surface area (Å²) >= 11 is 0. The standard InChI is InChI=1S/C15H32N2O/c1-5-8-17-9-6-7-15(10-17)14(4)16-13(3)12(2)11-18/h12-16,18H,5-11H2,1-4H3. The van der Waals surface area contributed by atoms with Gasteiger partial charge in [0.05, 0.1) is 0 Å². The van der Waals surface area contributed by atoms with Crippen molar-refractivity contribution in [2.75, 3.05) is 26.2 Å². The monoisotopic (exact) mass is 256 g/mol. The van der Waals surface area contributed by atoms with E-state index in [2.05, 4.69) is 37.9 Å². The number of nitrogens with zero attached hydrogens (tertiary/aromatic N) is 1. The minimum Gasteiger partial charge on any atom is -0.396 e. The summed E-state index contributed by atoms with van der Waals surface area (Å²) < 4.78 is 0. The van der Waals surface area contributed by atoms with E-state index in [9.17, 15) is 5.11 Å². The molecule has 0 aromatic rings. The second kappa shape index (κ2) is 8.13. The van der Waals surface area contributed by atoms with Crippen molar-refractivity contribution in [1.29, 1.82) is 0 Å². The molecule has 0 amide bonds. The van der Waals surface area contributed by atoms with Gasteiger partial charge < -0.3 is 15.3 Å². The molecule has 2 N–H and O–H groups in total. The fourth-order valence-electron chi connectivity index (χ4n) is 2.89. The Hall–Kier alpha value is -0.120. The van der Waals surface area contributed by atoms with Gasteiger partial charge in [0.15, 0.2) is 0 Å². The smallest absolute Gasteiger partial charge is 0.0471 e. The van der Waals surface area contributed by atoms with Crippen molar-refractivity contribution in [3.05, 3.63) is 0 Å². The highest BCUT2D eigenvalue weighted by molar-refractivity contribution is 4.82. The number of hydrogen-bond donors (Lipinski definition) is 2. The van der Waals surface area contributed by atoms with Crippen LogP contribution in [0.3, 0.4) is 0 Å². The van der Waals surface area contributed by atoms with Crippen molar-refractivity contribution in [3.63, 3.8) is 0 Å². The minimum atomic E-state index is 0.271. The molecule has 1 aliphatic heterocycles. The van der Waals surface area contributed by atoms with E-state index in [-0.39, 0.29) is 6.61 Å². The highest BCUT2D eigenvalue weighted by Gasteiger charge is 2.25. The number of likely N-dealkylation sites (tertiary alicyclic amines) is 1. The number of piperidine rings is 1. The van der Waals surface area contributed by atoms with Gasteiger partial charge in [0.1, 0.15) is 0 Å². The van der Waals surface area contributed by atoms with Gasteiger partial charge in [0.25, 0.3) is 0 Å². The van der Waals surface area contributed by atoms with Crippen LogP contribution in [0.1, 0.15) is 47.0 Å². The van der Waals surface area contributed by atoms with E-state index >= 15 is 0 Å². The predicted octanol–water partition coefficient (Wildman–Crippen LogP) is 2.10. The Morgan fingerprint density at radius 3 is 2.67 bits per heavy atom. The summed E-state index contributed by atoms with van der Waals surface area (Å²) in [7, 11) is 0. The van der Waals surface area contributed by atoms with Crippen molar-refractivity contribution in [2.24, 2.45) is 11.8 Å². The molecule has 3 nitrogen and oxygen atoms in total. The first-order valence-electron chi connectivity index (χ1n) is 7.67. The van der Waals surface area contributed by atoms with E-state index in [0.29, 0.717) is 18.0 Å². The number of nitrogens with one attached hydrogen (secondary N) is 1. The van der Waals surface area contributed by atoms with Crippen LogP contribution in [0, 0.1) is 11.8 Å². The lowest BCUT2D eigenvalue weighted by Gasteiger charge is -2.37. The fourth-order valence-corrected chi connectivity index (χ4v) is 2.89. The van der Waals surface area contributed by atoms with Gasteiger partial charge in [0, 0.05) is 25.2 Å². The molecule has 18 heavy (non-hydrogen) atoms. The zero-order valence-electron chi connectivity index (χ0n) is 12.7. The van der Waals surface area contributed by atoms with Gasteiger partial charge in [-0.05, 0) is 58.0 Å². The summed E-state index contributed by atoms with van der Waals surface area (Å²) in [4.78, 5) is 2.60. The molecule has 4 atom stereocenters. The maximum atomic E-state index is 9.19. The van der Waals surface area contributed by atoms with Gasteiger partial charge in [-0.3, -0.25) is 0 Å². The minimum absolute atomic E-state index is 0.271. The molecule has 0 bridgehead atoms. The van der Waals surface area contributed by atoms with Crippen molar-refractivity contribution in [2.45, 2.75) is 59.0 Å². The zero-order chi connectivity index (χ0) is 13.5. The summed E-state index contributed by atoms with van der Waals surface area (Å²) in [5, 5.41) is 12.9. The van der Waals surface area contributed by atoms with Crippen molar-refractivity contribution in [1.82, 2.24) is 10.2 Å². The molecule has 108 valence electrons. The molecular formula is C15H32N2O. The Bertz CT molecular complexity index is 221. The summed E-state index contributed by atoms with van der Waals surface area (Å²) in [6.07, 6.45) is 3.93. The zero-order valence-corrected chi connectivity index (χ0v) is 12.7. The van der Waals surface area contributed by atoms with E-state index in [1.165, 1.54) is 38.9 Å². The van der Waals surface area contributed by atoms with Crippen molar-refractivity contribution < 1.29 is 5.11 Å². The molecular weight excluding hydrogens is 224 g/mol. The number of aliphatic hydroxyl groups excluding tert-OH is 1. The topological polar surface area (TPSA) is 35.5 Å². The molecule has 4 unspecified atom stereocenters. The Balaban J connectivity index is 2.38. The third-order valence-electron chi connectivity index (χ3n) is 4.46. The number of aliphatic hydroxyl groups is 1. The van der Waals surface area contributed by atoms with Crippen LogP contribution in [0.25, 0.3) is 0 Å². The van der Waals surface area contributed by atoms with Gasteiger partial charge in [-0.1, -0.05) is 13.8 Å². The molecule has 1 fully saturated rings. The predicted molar refractivity (Wildman–Crippen MR) is 77.8 cm³/mol. The first-order chi connectivity index (χ1) is 8.58. The Morgan fingerprint density at radius 1 is 1.33 bits per heavy atom. The van der Waals surface area contributed by atoms with E-state index in [4.69, 9.17) is 0 Å². The summed E-state index contributed by atoms with van der Waals surface area (Å²) in [6.45, 7) is 12.9. The average Bonchev–Trinajstić information content (AvgIpc) is 2.38. The van der Waals surface area contributed by atoms with E-state index in [0.717, 1.165) is 5.92 Å². The van der Waals surface area contributed by atoms with E-state index < -0.39 is 0 Å². The van der Waals surface area contributed by atoms with Gasteiger partial charge in [-0.25, -0.2) is 0 Å². The fraction of sp³-hybridized carbons (Fsp3) is 1.00. The molecule has 1 aliphatic rings. The lowest BCUT2D eigenvalue weighted by Crippen LogP contribution is -2.48.